The third kappa shape index (κ3) is 3.89. The van der Waals surface area contributed by atoms with Crippen molar-refractivity contribution in [3.05, 3.63) is 16.8 Å². The van der Waals surface area contributed by atoms with Crippen LogP contribution in [0.4, 0.5) is 5.82 Å². The number of ether oxygens (including phenoxy) is 2. The number of nitriles is 1. The molecule has 0 saturated heterocycles. The number of carbonyl (C=O) groups excluding carboxylic acids is 2. The van der Waals surface area contributed by atoms with Crippen LogP contribution in [0.15, 0.2) is 0 Å². The molecule has 8 nitrogen and oxygen atoms in total. The van der Waals surface area contributed by atoms with Crippen LogP contribution in [-0.2, 0) is 19.1 Å². The van der Waals surface area contributed by atoms with Gasteiger partial charge in [0.1, 0.15) is 24.7 Å². The highest BCUT2D eigenvalue weighted by molar-refractivity contribution is 5.81. The fourth-order valence-electron chi connectivity index (χ4n) is 1.60. The number of hydrogen-bond donors (Lipinski definition) is 0. The first-order chi connectivity index (χ1) is 9.94. The highest BCUT2D eigenvalue weighted by atomic mass is 16.5. The first-order valence-corrected chi connectivity index (χ1v) is 6.07. The van der Waals surface area contributed by atoms with Crippen LogP contribution in [-0.4, -0.2) is 49.4 Å². The molecule has 1 heterocycles. The molecule has 0 aliphatic heterocycles. The summed E-state index contributed by atoms with van der Waals surface area (Å²) in [5, 5.41) is 17.1. The molecule has 0 aliphatic carbocycles. The Hall–Kier alpha value is -2.69. The van der Waals surface area contributed by atoms with Gasteiger partial charge in [0.2, 0.25) is 0 Å². The lowest BCUT2D eigenvalue weighted by Gasteiger charge is -2.22. The van der Waals surface area contributed by atoms with E-state index in [-0.39, 0.29) is 24.5 Å². The molecule has 0 atom stereocenters. The number of rotatable bonds is 5. The van der Waals surface area contributed by atoms with Gasteiger partial charge in [0.05, 0.1) is 19.9 Å². The van der Waals surface area contributed by atoms with Crippen molar-refractivity contribution >= 4 is 17.8 Å². The summed E-state index contributed by atoms with van der Waals surface area (Å²) < 4.78 is 9.16. The summed E-state index contributed by atoms with van der Waals surface area (Å²) in [6.07, 6.45) is 0. The minimum Gasteiger partial charge on any atom is -0.468 e. The number of aryl methyl sites for hydroxylation is 1. The Labute approximate surface area is 122 Å². The van der Waals surface area contributed by atoms with Gasteiger partial charge in [-0.05, 0) is 19.4 Å². The van der Waals surface area contributed by atoms with Gasteiger partial charge in [-0.3, -0.25) is 9.59 Å². The highest BCUT2D eigenvalue weighted by Crippen LogP contribution is 2.21. The summed E-state index contributed by atoms with van der Waals surface area (Å²) in [6, 6.07) is 2.02. The van der Waals surface area contributed by atoms with Crippen molar-refractivity contribution in [3.8, 4) is 6.07 Å². The second kappa shape index (κ2) is 7.19. The molecule has 0 bridgehead atoms. The van der Waals surface area contributed by atoms with E-state index in [2.05, 4.69) is 19.7 Å². The molecule has 0 saturated carbocycles. The zero-order valence-corrected chi connectivity index (χ0v) is 12.3. The standard InChI is InChI=1S/C13H16N4O4/c1-8-9(2)15-16-13(10(8)5-14)17(6-11(18)20-3)7-12(19)21-4/h6-7H2,1-4H3. The Morgan fingerprint density at radius 2 is 1.67 bits per heavy atom. The predicted octanol–water partition coefficient (Wildman–Crippen LogP) is 0.118. The molecule has 0 amide bonds. The molecule has 1 aromatic rings. The van der Waals surface area contributed by atoms with E-state index >= 15 is 0 Å². The summed E-state index contributed by atoms with van der Waals surface area (Å²) in [6.45, 7) is 2.97. The van der Waals surface area contributed by atoms with Crippen molar-refractivity contribution in [2.45, 2.75) is 13.8 Å². The Morgan fingerprint density at radius 1 is 1.14 bits per heavy atom. The molecule has 0 radical (unpaired) electrons. The fourth-order valence-corrected chi connectivity index (χ4v) is 1.60. The lowest BCUT2D eigenvalue weighted by atomic mass is 10.1. The minimum atomic E-state index is -0.567. The van der Waals surface area contributed by atoms with E-state index in [1.807, 2.05) is 6.07 Å². The molecule has 1 rings (SSSR count). The van der Waals surface area contributed by atoms with Gasteiger partial charge in [0.25, 0.3) is 0 Å². The largest absolute Gasteiger partial charge is 0.468 e. The quantitative estimate of drug-likeness (QED) is 0.704. The van der Waals surface area contributed by atoms with Gasteiger partial charge < -0.3 is 14.4 Å². The minimum absolute atomic E-state index is 0.149. The summed E-state index contributed by atoms with van der Waals surface area (Å²) in [5.41, 5.74) is 1.50. The Morgan fingerprint density at radius 3 is 2.10 bits per heavy atom. The zero-order chi connectivity index (χ0) is 16.0. The highest BCUT2D eigenvalue weighted by Gasteiger charge is 2.22. The molecule has 0 spiro atoms. The van der Waals surface area contributed by atoms with Crippen LogP contribution in [0.3, 0.4) is 0 Å². The third-order valence-corrected chi connectivity index (χ3v) is 2.94. The number of methoxy groups -OCH3 is 2. The van der Waals surface area contributed by atoms with Crippen molar-refractivity contribution in [2.24, 2.45) is 0 Å². The van der Waals surface area contributed by atoms with Crippen LogP contribution in [0.25, 0.3) is 0 Å². The second-order valence-electron chi connectivity index (χ2n) is 4.23. The number of nitrogens with zero attached hydrogens (tertiary/aromatic N) is 4. The SMILES string of the molecule is COC(=O)CN(CC(=O)OC)c1nnc(C)c(C)c1C#N. The lowest BCUT2D eigenvalue weighted by Crippen LogP contribution is -2.37. The Kier molecular flexibility index (Phi) is 5.60. The van der Waals surface area contributed by atoms with Crippen LogP contribution < -0.4 is 4.90 Å². The third-order valence-electron chi connectivity index (χ3n) is 2.94. The molecular formula is C13H16N4O4. The Bertz CT molecular complexity index is 577. The number of anilines is 1. The zero-order valence-electron chi connectivity index (χ0n) is 12.3. The van der Waals surface area contributed by atoms with Crippen LogP contribution in [0.1, 0.15) is 16.8 Å². The van der Waals surface area contributed by atoms with E-state index < -0.39 is 11.9 Å². The molecule has 0 fully saturated rings. The smallest absolute Gasteiger partial charge is 0.325 e. The monoisotopic (exact) mass is 292 g/mol. The van der Waals surface area contributed by atoms with E-state index in [1.165, 1.54) is 19.1 Å². The molecule has 112 valence electrons. The van der Waals surface area contributed by atoms with Crippen molar-refractivity contribution in [1.29, 1.82) is 5.26 Å². The molecule has 0 unspecified atom stereocenters. The van der Waals surface area contributed by atoms with Gasteiger partial charge >= 0.3 is 11.9 Å². The number of hydrogen-bond acceptors (Lipinski definition) is 8. The topological polar surface area (TPSA) is 105 Å². The summed E-state index contributed by atoms with van der Waals surface area (Å²) in [7, 11) is 2.46. The summed E-state index contributed by atoms with van der Waals surface area (Å²) >= 11 is 0. The van der Waals surface area contributed by atoms with Crippen LogP contribution in [0.2, 0.25) is 0 Å². The van der Waals surface area contributed by atoms with Crippen molar-refractivity contribution < 1.29 is 19.1 Å². The van der Waals surface area contributed by atoms with Crippen LogP contribution >= 0.6 is 0 Å². The summed E-state index contributed by atoms with van der Waals surface area (Å²) in [5.74, 6) is -0.984. The van der Waals surface area contributed by atoms with Gasteiger partial charge in [-0.2, -0.15) is 10.4 Å². The first-order valence-electron chi connectivity index (χ1n) is 6.07. The Balaban J connectivity index is 3.25. The molecule has 8 heteroatoms. The maximum atomic E-state index is 11.5. The first kappa shape index (κ1) is 16.4. The van der Waals surface area contributed by atoms with Gasteiger partial charge in [-0.25, -0.2) is 0 Å². The van der Waals surface area contributed by atoms with Gasteiger partial charge in [-0.15, -0.1) is 5.10 Å². The average molecular weight is 292 g/mol. The van der Waals surface area contributed by atoms with Gasteiger partial charge in [0, 0.05) is 0 Å². The number of esters is 2. The van der Waals surface area contributed by atoms with Crippen molar-refractivity contribution in [3.63, 3.8) is 0 Å². The van der Waals surface area contributed by atoms with Gasteiger partial charge in [0.15, 0.2) is 5.82 Å². The molecular weight excluding hydrogens is 276 g/mol. The average Bonchev–Trinajstić information content (AvgIpc) is 2.48. The molecule has 0 aliphatic rings. The van der Waals surface area contributed by atoms with E-state index in [1.54, 1.807) is 13.8 Å². The fraction of sp³-hybridized carbons (Fsp3) is 0.462. The molecule has 0 N–H and O–H groups in total. The van der Waals surface area contributed by atoms with E-state index in [0.29, 0.717) is 11.3 Å². The maximum absolute atomic E-state index is 11.5. The van der Waals surface area contributed by atoms with Crippen molar-refractivity contribution in [1.82, 2.24) is 10.2 Å². The number of carbonyl (C=O) groups is 2. The molecule has 0 aromatic carbocycles. The second-order valence-corrected chi connectivity index (χ2v) is 4.23. The van der Waals surface area contributed by atoms with Crippen molar-refractivity contribution in [2.75, 3.05) is 32.2 Å². The normalized spacial score (nSPS) is 9.67. The maximum Gasteiger partial charge on any atom is 0.325 e. The predicted molar refractivity (Wildman–Crippen MR) is 72.5 cm³/mol. The molecule has 21 heavy (non-hydrogen) atoms. The van der Waals surface area contributed by atoms with Crippen LogP contribution in [0, 0.1) is 25.2 Å². The summed E-state index contributed by atoms with van der Waals surface area (Å²) in [4.78, 5) is 24.2. The lowest BCUT2D eigenvalue weighted by molar-refractivity contribution is -0.140. The van der Waals surface area contributed by atoms with Gasteiger partial charge in [-0.1, -0.05) is 0 Å². The number of aromatic nitrogens is 2. The van der Waals surface area contributed by atoms with E-state index in [0.717, 1.165) is 0 Å². The van der Waals surface area contributed by atoms with E-state index in [9.17, 15) is 14.9 Å². The molecule has 1 aromatic heterocycles. The van der Waals surface area contributed by atoms with E-state index in [4.69, 9.17) is 0 Å². The van der Waals surface area contributed by atoms with Crippen LogP contribution in [0.5, 0.6) is 0 Å².